The Bertz CT molecular complexity index is 644. The topological polar surface area (TPSA) is 64.1 Å². The molecule has 1 aromatic rings. The van der Waals surface area contributed by atoms with E-state index in [-0.39, 0.29) is 0 Å². The van der Waals surface area contributed by atoms with E-state index >= 15 is 0 Å². The summed E-state index contributed by atoms with van der Waals surface area (Å²) in [6.45, 7) is 9.35. The highest BCUT2D eigenvalue weighted by atomic mass is 16.5. The van der Waals surface area contributed by atoms with Crippen LogP contribution in [0.25, 0.3) is 0 Å². The second-order valence-corrected chi connectivity index (χ2v) is 6.87. The summed E-state index contributed by atoms with van der Waals surface area (Å²) in [6.07, 6.45) is 5.11. The number of aliphatic imine (C=N–C) groups is 1. The number of ether oxygens (including phenoxy) is 3. The van der Waals surface area contributed by atoms with Crippen LogP contribution in [0.15, 0.2) is 34.8 Å². The molecule has 0 saturated heterocycles. The Morgan fingerprint density at radius 2 is 2.14 bits per heavy atom. The number of methoxy groups -OCH3 is 1. The van der Waals surface area contributed by atoms with Crippen LogP contribution >= 0.6 is 0 Å². The predicted molar refractivity (Wildman–Crippen MR) is 114 cm³/mol. The van der Waals surface area contributed by atoms with Crippen molar-refractivity contribution < 1.29 is 14.2 Å². The summed E-state index contributed by atoms with van der Waals surface area (Å²) >= 11 is 0. The first kappa shape index (κ1) is 22.2. The lowest BCUT2D eigenvalue weighted by molar-refractivity contribution is 0.153. The molecule has 1 aliphatic heterocycles. The first-order valence-corrected chi connectivity index (χ1v) is 10.2. The van der Waals surface area contributed by atoms with Crippen LogP contribution in [0.3, 0.4) is 0 Å². The van der Waals surface area contributed by atoms with Crippen molar-refractivity contribution in [1.82, 2.24) is 10.6 Å². The van der Waals surface area contributed by atoms with Crippen molar-refractivity contribution in [2.24, 2.45) is 4.99 Å². The zero-order valence-electron chi connectivity index (χ0n) is 17.6. The number of hydrogen-bond donors (Lipinski definition) is 2. The molecule has 0 fully saturated rings. The van der Waals surface area contributed by atoms with Crippen LogP contribution in [0.5, 0.6) is 5.75 Å². The molecule has 1 aliphatic rings. The number of benzene rings is 1. The lowest BCUT2D eigenvalue weighted by Crippen LogP contribution is -2.38. The molecule has 0 aromatic heterocycles. The van der Waals surface area contributed by atoms with E-state index in [1.54, 1.807) is 7.11 Å². The van der Waals surface area contributed by atoms with E-state index in [0.717, 1.165) is 62.8 Å². The standard InChI is InChI=1S/C22H35N3O3/c1-4-23-22(24-11-8-19-9-14-27-15-10-19)25-17-20-7-6-18(2)16-21(20)28-13-5-12-26-3/h6-7,9,16H,4-5,8,10-15,17H2,1-3H3,(H2,23,24,25). The predicted octanol–water partition coefficient (Wildman–Crippen LogP) is 3.20. The molecule has 2 N–H and O–H groups in total. The molecule has 28 heavy (non-hydrogen) atoms. The molecule has 0 radical (unpaired) electrons. The first-order chi connectivity index (χ1) is 13.7. The molecule has 0 aliphatic carbocycles. The largest absolute Gasteiger partial charge is 0.493 e. The van der Waals surface area contributed by atoms with Gasteiger partial charge in [0.05, 0.1) is 26.4 Å². The lowest BCUT2D eigenvalue weighted by Gasteiger charge is -2.16. The van der Waals surface area contributed by atoms with Crippen molar-refractivity contribution in [3.63, 3.8) is 0 Å². The third kappa shape index (κ3) is 8.31. The maximum atomic E-state index is 5.96. The van der Waals surface area contributed by atoms with Gasteiger partial charge in [0.1, 0.15) is 5.75 Å². The molecular formula is C22H35N3O3. The third-order valence-electron chi connectivity index (χ3n) is 4.52. The number of nitrogens with zero attached hydrogens (tertiary/aromatic N) is 1. The summed E-state index contributed by atoms with van der Waals surface area (Å²) in [7, 11) is 1.71. The molecule has 0 amide bonds. The van der Waals surface area contributed by atoms with E-state index in [1.165, 1.54) is 11.1 Å². The Morgan fingerprint density at radius 3 is 2.89 bits per heavy atom. The minimum absolute atomic E-state index is 0.575. The molecule has 1 heterocycles. The smallest absolute Gasteiger partial charge is 0.191 e. The Balaban J connectivity index is 1.92. The van der Waals surface area contributed by atoms with Gasteiger partial charge in [-0.25, -0.2) is 4.99 Å². The van der Waals surface area contributed by atoms with Crippen molar-refractivity contribution in [2.45, 2.75) is 39.7 Å². The van der Waals surface area contributed by atoms with Gasteiger partial charge in [-0.3, -0.25) is 0 Å². The van der Waals surface area contributed by atoms with Gasteiger partial charge in [0.25, 0.3) is 0 Å². The third-order valence-corrected chi connectivity index (χ3v) is 4.52. The van der Waals surface area contributed by atoms with Crippen molar-refractivity contribution in [3.8, 4) is 5.75 Å². The maximum Gasteiger partial charge on any atom is 0.191 e. The minimum atomic E-state index is 0.575. The normalized spacial score (nSPS) is 14.5. The molecule has 156 valence electrons. The van der Waals surface area contributed by atoms with Gasteiger partial charge in [0.15, 0.2) is 5.96 Å². The Hall–Kier alpha value is -2.05. The maximum absolute atomic E-state index is 5.96. The number of aryl methyl sites for hydroxylation is 1. The molecule has 0 saturated carbocycles. The van der Waals surface area contributed by atoms with Crippen LogP contribution in [0.2, 0.25) is 0 Å². The van der Waals surface area contributed by atoms with E-state index in [2.05, 4.69) is 48.8 Å². The molecule has 0 atom stereocenters. The molecule has 2 rings (SSSR count). The number of rotatable bonds is 11. The fraction of sp³-hybridized carbons (Fsp3) is 0.591. The highest BCUT2D eigenvalue weighted by Crippen LogP contribution is 2.21. The van der Waals surface area contributed by atoms with Crippen LogP contribution in [-0.4, -0.2) is 52.6 Å². The zero-order chi connectivity index (χ0) is 20.0. The van der Waals surface area contributed by atoms with Gasteiger partial charge in [0, 0.05) is 38.8 Å². The zero-order valence-corrected chi connectivity index (χ0v) is 17.6. The van der Waals surface area contributed by atoms with Crippen LogP contribution in [0, 0.1) is 6.92 Å². The van der Waals surface area contributed by atoms with Crippen LogP contribution < -0.4 is 15.4 Å². The van der Waals surface area contributed by atoms with Gasteiger partial charge in [-0.1, -0.05) is 23.8 Å². The molecular weight excluding hydrogens is 354 g/mol. The highest BCUT2D eigenvalue weighted by molar-refractivity contribution is 5.79. The molecule has 0 bridgehead atoms. The highest BCUT2D eigenvalue weighted by Gasteiger charge is 2.07. The lowest BCUT2D eigenvalue weighted by atomic mass is 10.1. The van der Waals surface area contributed by atoms with Crippen LogP contribution in [0.1, 0.15) is 37.3 Å². The summed E-state index contributed by atoms with van der Waals surface area (Å²) in [5, 5.41) is 6.75. The molecule has 6 nitrogen and oxygen atoms in total. The van der Waals surface area contributed by atoms with Gasteiger partial charge < -0.3 is 24.8 Å². The van der Waals surface area contributed by atoms with Crippen LogP contribution in [0.4, 0.5) is 0 Å². The van der Waals surface area contributed by atoms with Gasteiger partial charge in [-0.15, -0.1) is 0 Å². The summed E-state index contributed by atoms with van der Waals surface area (Å²) in [5.41, 5.74) is 3.73. The average molecular weight is 390 g/mol. The fourth-order valence-corrected chi connectivity index (χ4v) is 2.95. The Labute approximate surface area is 169 Å². The van der Waals surface area contributed by atoms with E-state index in [4.69, 9.17) is 19.2 Å². The summed E-state index contributed by atoms with van der Waals surface area (Å²) < 4.78 is 16.4. The van der Waals surface area contributed by atoms with Gasteiger partial charge >= 0.3 is 0 Å². The Kier molecular flexibility index (Phi) is 10.5. The fourth-order valence-electron chi connectivity index (χ4n) is 2.95. The number of hydrogen-bond acceptors (Lipinski definition) is 4. The van der Waals surface area contributed by atoms with Crippen molar-refractivity contribution in [2.75, 3.05) is 46.6 Å². The van der Waals surface area contributed by atoms with Gasteiger partial charge in [-0.05, 0) is 38.3 Å². The minimum Gasteiger partial charge on any atom is -0.493 e. The van der Waals surface area contributed by atoms with E-state index in [9.17, 15) is 0 Å². The summed E-state index contributed by atoms with van der Waals surface area (Å²) in [4.78, 5) is 4.75. The molecule has 1 aromatic carbocycles. The average Bonchev–Trinajstić information content (AvgIpc) is 2.71. The summed E-state index contributed by atoms with van der Waals surface area (Å²) in [6, 6.07) is 6.28. The van der Waals surface area contributed by atoms with Crippen molar-refractivity contribution in [3.05, 3.63) is 41.0 Å². The van der Waals surface area contributed by atoms with Crippen molar-refractivity contribution >= 4 is 5.96 Å². The van der Waals surface area contributed by atoms with Crippen LogP contribution in [-0.2, 0) is 16.0 Å². The molecule has 0 spiro atoms. The number of nitrogens with one attached hydrogen (secondary N) is 2. The second kappa shape index (κ2) is 13.2. The van der Waals surface area contributed by atoms with E-state index < -0.39 is 0 Å². The molecule has 6 heteroatoms. The SMILES string of the molecule is CCNC(=NCc1ccc(C)cc1OCCCOC)NCCC1=CCOCC1. The van der Waals surface area contributed by atoms with Gasteiger partial charge in [-0.2, -0.15) is 0 Å². The van der Waals surface area contributed by atoms with E-state index in [1.807, 2.05) is 0 Å². The monoisotopic (exact) mass is 389 g/mol. The quantitative estimate of drug-likeness (QED) is 0.263. The Morgan fingerprint density at radius 1 is 1.25 bits per heavy atom. The van der Waals surface area contributed by atoms with Crippen molar-refractivity contribution in [1.29, 1.82) is 0 Å². The first-order valence-electron chi connectivity index (χ1n) is 10.2. The second-order valence-electron chi connectivity index (χ2n) is 6.87. The van der Waals surface area contributed by atoms with E-state index in [0.29, 0.717) is 19.8 Å². The molecule has 0 unspecified atom stereocenters. The summed E-state index contributed by atoms with van der Waals surface area (Å²) in [5.74, 6) is 1.74. The van der Waals surface area contributed by atoms with Gasteiger partial charge in [0.2, 0.25) is 0 Å². The number of guanidine groups is 1.